The van der Waals surface area contributed by atoms with Gasteiger partial charge < -0.3 is 9.67 Å². The predicted molar refractivity (Wildman–Crippen MR) is 147 cm³/mol. The lowest BCUT2D eigenvalue weighted by Crippen LogP contribution is -2.54. The number of fused-ring (bicyclic) bond motifs is 1. The Kier molecular flexibility index (Phi) is 6.55. The first kappa shape index (κ1) is 24.7. The Hall–Kier alpha value is -3.98. The molecule has 2 heterocycles. The summed E-state index contributed by atoms with van der Waals surface area (Å²) in [6.07, 6.45) is 3.35. The smallest absolute Gasteiger partial charge is 0.335 e. The number of carboxylic acid groups (broad SMARTS) is 1. The molecule has 0 unspecified atom stereocenters. The molecule has 0 aliphatic carbocycles. The molecule has 1 aromatic heterocycles. The highest BCUT2D eigenvalue weighted by molar-refractivity contribution is 7.80. The molecule has 0 spiro atoms. The van der Waals surface area contributed by atoms with Gasteiger partial charge in [-0.15, -0.1) is 0 Å². The minimum atomic E-state index is -1.15. The Morgan fingerprint density at radius 2 is 1.81 bits per heavy atom. The van der Waals surface area contributed by atoms with Gasteiger partial charge >= 0.3 is 5.97 Å². The van der Waals surface area contributed by atoms with Crippen molar-refractivity contribution in [1.29, 1.82) is 0 Å². The largest absolute Gasteiger partial charge is 0.478 e. The number of amides is 2. The number of carbonyl (C=O) groups excluding carboxylic acids is 2. The van der Waals surface area contributed by atoms with Gasteiger partial charge in [-0.25, -0.2) is 4.79 Å². The van der Waals surface area contributed by atoms with Crippen LogP contribution in [0.3, 0.4) is 0 Å². The Morgan fingerprint density at radius 3 is 2.57 bits per heavy atom. The molecule has 0 atom stereocenters. The van der Waals surface area contributed by atoms with Crippen molar-refractivity contribution >= 4 is 81.0 Å². The standard InChI is InChI=1S/C27H17Cl2N3O4S/c28-18-9-8-16(22(29)12-18)13-31-14-17(20-6-1-2-7-23(20)31)11-21-24(33)30-27(37)32(25(21)34)19-5-3-4-15(10-19)26(35)36/h1-12,14H,13H2,(H,35,36)(H,30,33,37). The van der Waals surface area contributed by atoms with Gasteiger partial charge in [0, 0.05) is 39.3 Å². The van der Waals surface area contributed by atoms with Gasteiger partial charge in [0.15, 0.2) is 5.11 Å². The van der Waals surface area contributed by atoms with E-state index in [0.29, 0.717) is 22.2 Å². The molecule has 2 amide bonds. The lowest BCUT2D eigenvalue weighted by atomic mass is 10.1. The molecule has 0 bridgehead atoms. The van der Waals surface area contributed by atoms with Gasteiger partial charge in [0.25, 0.3) is 11.8 Å². The van der Waals surface area contributed by atoms with Gasteiger partial charge in [0.05, 0.1) is 11.3 Å². The van der Waals surface area contributed by atoms with Crippen molar-refractivity contribution in [3.05, 3.63) is 105 Å². The van der Waals surface area contributed by atoms with Crippen LogP contribution >= 0.6 is 35.4 Å². The zero-order valence-corrected chi connectivity index (χ0v) is 21.3. The number of rotatable bonds is 5. The summed E-state index contributed by atoms with van der Waals surface area (Å²) in [4.78, 5) is 38.8. The molecule has 1 aliphatic heterocycles. The molecule has 1 saturated heterocycles. The van der Waals surface area contributed by atoms with Crippen molar-refractivity contribution in [3.8, 4) is 0 Å². The van der Waals surface area contributed by atoms with Crippen LogP contribution in [-0.4, -0.2) is 32.6 Å². The Balaban J connectivity index is 1.57. The minimum absolute atomic E-state index is 0.0144. The van der Waals surface area contributed by atoms with Gasteiger partial charge in [-0.2, -0.15) is 0 Å². The molecule has 3 aromatic carbocycles. The number of aromatic nitrogens is 1. The zero-order chi connectivity index (χ0) is 26.3. The van der Waals surface area contributed by atoms with E-state index in [9.17, 15) is 19.5 Å². The fraction of sp³-hybridized carbons (Fsp3) is 0.0370. The van der Waals surface area contributed by atoms with Gasteiger partial charge in [0.1, 0.15) is 5.57 Å². The third kappa shape index (κ3) is 4.74. The molecule has 1 aliphatic rings. The Labute approximate surface area is 226 Å². The van der Waals surface area contributed by atoms with E-state index in [-0.39, 0.29) is 21.9 Å². The van der Waals surface area contributed by atoms with Crippen LogP contribution in [0.4, 0.5) is 5.69 Å². The Bertz CT molecular complexity index is 1660. The number of para-hydroxylation sites is 1. The van der Waals surface area contributed by atoms with E-state index in [1.54, 1.807) is 18.2 Å². The lowest BCUT2D eigenvalue weighted by molar-refractivity contribution is -0.122. The second kappa shape index (κ2) is 9.82. The van der Waals surface area contributed by atoms with E-state index in [2.05, 4.69) is 5.32 Å². The average molecular weight is 550 g/mol. The molecule has 1 fully saturated rings. The quantitative estimate of drug-likeness (QED) is 0.194. The number of hydrogen-bond donors (Lipinski definition) is 2. The average Bonchev–Trinajstić information content (AvgIpc) is 3.20. The summed E-state index contributed by atoms with van der Waals surface area (Å²) in [5.41, 5.74) is 2.46. The number of carbonyl (C=O) groups is 3. The molecule has 37 heavy (non-hydrogen) atoms. The summed E-state index contributed by atoms with van der Waals surface area (Å²) in [7, 11) is 0. The number of anilines is 1. The first-order chi connectivity index (χ1) is 17.7. The van der Waals surface area contributed by atoms with Crippen LogP contribution in [0.15, 0.2) is 78.5 Å². The summed E-state index contributed by atoms with van der Waals surface area (Å²) in [5.74, 6) is -2.45. The maximum absolute atomic E-state index is 13.5. The molecular formula is C27H17Cl2N3O4S. The third-order valence-electron chi connectivity index (χ3n) is 5.93. The maximum atomic E-state index is 13.5. The Morgan fingerprint density at radius 1 is 1.03 bits per heavy atom. The first-order valence-corrected chi connectivity index (χ1v) is 12.2. The summed E-state index contributed by atoms with van der Waals surface area (Å²) >= 11 is 17.7. The van der Waals surface area contributed by atoms with Gasteiger partial charge in [-0.3, -0.25) is 19.8 Å². The van der Waals surface area contributed by atoms with Crippen LogP contribution in [0.5, 0.6) is 0 Å². The van der Waals surface area contributed by atoms with Crippen LogP contribution in [-0.2, 0) is 16.1 Å². The number of nitrogens with one attached hydrogen (secondary N) is 1. The van der Waals surface area contributed by atoms with E-state index >= 15 is 0 Å². The van der Waals surface area contributed by atoms with Crippen LogP contribution in [0.1, 0.15) is 21.5 Å². The fourth-order valence-electron chi connectivity index (χ4n) is 4.18. The summed E-state index contributed by atoms with van der Waals surface area (Å²) in [6, 6.07) is 18.7. The number of halogens is 2. The minimum Gasteiger partial charge on any atom is -0.478 e. The number of benzene rings is 3. The highest BCUT2D eigenvalue weighted by Gasteiger charge is 2.35. The number of thiocarbonyl (C=S) groups is 1. The van der Waals surface area contributed by atoms with Crippen molar-refractivity contribution in [3.63, 3.8) is 0 Å². The molecular weight excluding hydrogens is 533 g/mol. The van der Waals surface area contributed by atoms with Crippen LogP contribution in [0, 0.1) is 0 Å². The van der Waals surface area contributed by atoms with E-state index in [0.717, 1.165) is 21.4 Å². The number of hydrogen-bond acceptors (Lipinski definition) is 4. The van der Waals surface area contributed by atoms with Gasteiger partial charge in [0.2, 0.25) is 0 Å². The second-order valence-corrected chi connectivity index (χ2v) is 9.51. The van der Waals surface area contributed by atoms with E-state index in [1.807, 2.05) is 41.1 Å². The van der Waals surface area contributed by atoms with E-state index in [1.165, 1.54) is 24.3 Å². The monoisotopic (exact) mass is 549 g/mol. The molecule has 4 aromatic rings. The van der Waals surface area contributed by atoms with Gasteiger partial charge in [-0.1, -0.05) is 53.5 Å². The molecule has 7 nitrogen and oxygen atoms in total. The maximum Gasteiger partial charge on any atom is 0.335 e. The molecule has 2 N–H and O–H groups in total. The van der Waals surface area contributed by atoms with E-state index < -0.39 is 17.8 Å². The molecule has 5 rings (SSSR count). The zero-order valence-electron chi connectivity index (χ0n) is 18.9. The lowest BCUT2D eigenvalue weighted by Gasteiger charge is -2.29. The van der Waals surface area contributed by atoms with Crippen molar-refractivity contribution in [2.75, 3.05) is 4.90 Å². The first-order valence-electron chi connectivity index (χ1n) is 11.0. The number of aromatic carboxylic acids is 1. The highest BCUT2D eigenvalue weighted by atomic mass is 35.5. The number of carboxylic acids is 1. The normalized spacial score (nSPS) is 14.9. The van der Waals surface area contributed by atoms with Crippen molar-refractivity contribution in [2.24, 2.45) is 0 Å². The fourth-order valence-corrected chi connectivity index (χ4v) is 4.93. The molecule has 10 heteroatoms. The van der Waals surface area contributed by atoms with Crippen molar-refractivity contribution in [2.45, 2.75) is 6.54 Å². The molecule has 0 saturated carbocycles. The van der Waals surface area contributed by atoms with Crippen LogP contribution < -0.4 is 10.2 Å². The van der Waals surface area contributed by atoms with E-state index in [4.69, 9.17) is 35.4 Å². The SMILES string of the molecule is O=C1NC(=S)N(c2cccc(C(=O)O)c2)C(=O)C1=Cc1cn(Cc2ccc(Cl)cc2Cl)c2ccccc12. The second-order valence-electron chi connectivity index (χ2n) is 8.28. The summed E-state index contributed by atoms with van der Waals surface area (Å²) in [5, 5.41) is 13.6. The van der Waals surface area contributed by atoms with Gasteiger partial charge in [-0.05, 0) is 60.3 Å². The van der Waals surface area contributed by atoms with Crippen LogP contribution in [0.25, 0.3) is 17.0 Å². The van der Waals surface area contributed by atoms with Crippen molar-refractivity contribution < 1.29 is 19.5 Å². The molecule has 0 radical (unpaired) electrons. The summed E-state index contributed by atoms with van der Waals surface area (Å²) in [6.45, 7) is 0.442. The molecule has 184 valence electrons. The highest BCUT2D eigenvalue weighted by Crippen LogP contribution is 2.29. The summed E-state index contributed by atoms with van der Waals surface area (Å²) < 4.78 is 1.97. The topological polar surface area (TPSA) is 91.6 Å². The number of nitrogens with zero attached hydrogens (tertiary/aromatic N) is 2. The predicted octanol–water partition coefficient (Wildman–Crippen LogP) is 5.53. The van der Waals surface area contributed by atoms with Crippen LogP contribution in [0.2, 0.25) is 10.0 Å². The third-order valence-corrected chi connectivity index (χ3v) is 6.80. The van der Waals surface area contributed by atoms with Crippen molar-refractivity contribution in [1.82, 2.24) is 9.88 Å².